The highest BCUT2D eigenvalue weighted by Crippen LogP contribution is 2.25. The molecule has 0 amide bonds. The van der Waals surface area contributed by atoms with Gasteiger partial charge in [-0.2, -0.15) is 0 Å². The number of alkyl halides is 1. The van der Waals surface area contributed by atoms with Crippen LogP contribution in [0.5, 0.6) is 0 Å². The van der Waals surface area contributed by atoms with Gasteiger partial charge in [-0.3, -0.25) is 0 Å². The van der Waals surface area contributed by atoms with E-state index in [-0.39, 0.29) is 0 Å². The Morgan fingerprint density at radius 2 is 1.70 bits per heavy atom. The van der Waals surface area contributed by atoms with Crippen LogP contribution in [0.1, 0.15) is 13.8 Å². The minimum Gasteiger partial charge on any atom is -0.478 e. The smallest absolute Gasteiger partial charge is 0.354 e. The second-order valence-electron chi connectivity index (χ2n) is 2.49. The minimum atomic E-state index is -2.62. The zero-order chi connectivity index (χ0) is 8.58. The van der Waals surface area contributed by atoms with Crippen LogP contribution in [-0.4, -0.2) is 32.0 Å². The van der Waals surface area contributed by atoms with Crippen LogP contribution in [0.15, 0.2) is 0 Å². The third kappa shape index (κ3) is 1.59. The van der Waals surface area contributed by atoms with Crippen molar-refractivity contribution in [3.8, 4) is 0 Å². The highest BCUT2D eigenvalue weighted by atomic mass is 35.5. The van der Waals surface area contributed by atoms with Crippen molar-refractivity contribution < 1.29 is 20.1 Å². The molecule has 3 N–H and O–H groups in total. The summed E-state index contributed by atoms with van der Waals surface area (Å²) in [6, 6.07) is 0. The van der Waals surface area contributed by atoms with Gasteiger partial charge in [-0.15, -0.1) is 0 Å². The van der Waals surface area contributed by atoms with E-state index in [1.165, 1.54) is 0 Å². The van der Waals surface area contributed by atoms with E-state index in [0.717, 1.165) is 13.8 Å². The molecule has 0 bridgehead atoms. The first-order chi connectivity index (χ1) is 4.19. The normalized spacial score (nSPS) is 18.1. The first-order valence-electron chi connectivity index (χ1n) is 2.56. The highest BCUT2D eigenvalue weighted by Gasteiger charge is 2.47. The Kier molecular flexibility index (Phi) is 2.30. The van der Waals surface area contributed by atoms with E-state index in [9.17, 15) is 4.79 Å². The highest BCUT2D eigenvalue weighted by molar-refractivity contribution is 6.33. The van der Waals surface area contributed by atoms with Crippen molar-refractivity contribution >= 4 is 17.6 Å². The van der Waals surface area contributed by atoms with Crippen molar-refractivity contribution in [2.75, 3.05) is 0 Å². The van der Waals surface area contributed by atoms with E-state index < -0.39 is 16.6 Å². The van der Waals surface area contributed by atoms with Gasteiger partial charge < -0.3 is 15.3 Å². The summed E-state index contributed by atoms with van der Waals surface area (Å²) in [6.07, 6.45) is 0. The molecular weight excluding hydrogens is 160 g/mol. The second kappa shape index (κ2) is 2.38. The molecule has 0 rings (SSSR count). The SMILES string of the molecule is CC(C)(O)C(O)(Cl)C(=O)O. The minimum absolute atomic E-state index is 1.11. The van der Waals surface area contributed by atoms with E-state index in [1.54, 1.807) is 0 Å². The van der Waals surface area contributed by atoms with Crippen LogP contribution in [0.3, 0.4) is 0 Å². The van der Waals surface area contributed by atoms with Crippen molar-refractivity contribution in [3.05, 3.63) is 0 Å². The van der Waals surface area contributed by atoms with E-state index in [1.807, 2.05) is 0 Å². The van der Waals surface area contributed by atoms with Crippen molar-refractivity contribution in [1.82, 2.24) is 0 Å². The largest absolute Gasteiger partial charge is 0.478 e. The maximum atomic E-state index is 10.1. The molecule has 0 radical (unpaired) electrons. The number of halogens is 1. The summed E-state index contributed by atoms with van der Waals surface area (Å²) >= 11 is 5.05. The molecule has 4 nitrogen and oxygen atoms in total. The molecule has 0 fully saturated rings. The van der Waals surface area contributed by atoms with Crippen molar-refractivity contribution in [3.63, 3.8) is 0 Å². The molecule has 5 heteroatoms. The summed E-state index contributed by atoms with van der Waals surface area (Å²) < 4.78 is 0. The average molecular weight is 169 g/mol. The number of hydrogen-bond acceptors (Lipinski definition) is 3. The fourth-order valence-corrected chi connectivity index (χ4v) is 0.262. The lowest BCUT2D eigenvalue weighted by molar-refractivity contribution is -0.167. The summed E-state index contributed by atoms with van der Waals surface area (Å²) in [4.78, 5) is 10.1. The van der Waals surface area contributed by atoms with Crippen LogP contribution in [0.25, 0.3) is 0 Å². The average Bonchev–Trinajstić information content (AvgIpc) is 1.62. The molecule has 10 heavy (non-hydrogen) atoms. The monoisotopic (exact) mass is 168 g/mol. The van der Waals surface area contributed by atoms with Gasteiger partial charge >= 0.3 is 5.97 Å². The van der Waals surface area contributed by atoms with Crippen LogP contribution in [0.2, 0.25) is 0 Å². The molecule has 0 aliphatic rings. The fourth-order valence-electron chi connectivity index (χ4n) is 0.262. The molecule has 0 saturated heterocycles. The Morgan fingerprint density at radius 1 is 1.40 bits per heavy atom. The third-order valence-electron chi connectivity index (χ3n) is 1.09. The van der Waals surface area contributed by atoms with Crippen molar-refractivity contribution in [2.24, 2.45) is 0 Å². The summed E-state index contributed by atoms with van der Waals surface area (Å²) in [7, 11) is 0. The van der Waals surface area contributed by atoms with Gasteiger partial charge in [-0.25, -0.2) is 4.79 Å². The Morgan fingerprint density at radius 3 is 1.70 bits per heavy atom. The van der Waals surface area contributed by atoms with E-state index >= 15 is 0 Å². The molecule has 0 aromatic carbocycles. The first kappa shape index (κ1) is 9.68. The summed E-state index contributed by atoms with van der Waals surface area (Å²) in [5, 5.41) is 23.4. The van der Waals surface area contributed by atoms with Gasteiger partial charge in [0.2, 0.25) is 0 Å². The van der Waals surface area contributed by atoms with Crippen LogP contribution < -0.4 is 0 Å². The van der Waals surface area contributed by atoms with Crippen LogP contribution >= 0.6 is 11.6 Å². The van der Waals surface area contributed by atoms with Crippen molar-refractivity contribution in [1.29, 1.82) is 0 Å². The van der Waals surface area contributed by atoms with Gasteiger partial charge in [0, 0.05) is 0 Å². The number of aliphatic hydroxyl groups is 2. The molecule has 0 spiro atoms. The number of carbonyl (C=O) groups is 1. The molecule has 0 heterocycles. The van der Waals surface area contributed by atoms with Gasteiger partial charge in [0.25, 0.3) is 5.06 Å². The van der Waals surface area contributed by atoms with Crippen LogP contribution in [0.4, 0.5) is 0 Å². The standard InChI is InChI=1S/C5H9ClO4/c1-4(2,9)5(6,10)3(7)8/h9-10H,1-2H3,(H,7,8). The van der Waals surface area contributed by atoms with Gasteiger partial charge in [0.05, 0.1) is 0 Å². The predicted molar refractivity (Wildman–Crippen MR) is 34.7 cm³/mol. The quantitative estimate of drug-likeness (QED) is 0.498. The van der Waals surface area contributed by atoms with Crippen molar-refractivity contribution in [2.45, 2.75) is 24.5 Å². The first-order valence-corrected chi connectivity index (χ1v) is 2.94. The topological polar surface area (TPSA) is 77.8 Å². The molecule has 0 aromatic heterocycles. The Balaban J connectivity index is 4.57. The van der Waals surface area contributed by atoms with E-state index in [2.05, 4.69) is 0 Å². The molecule has 0 saturated carbocycles. The van der Waals surface area contributed by atoms with Crippen LogP contribution in [0, 0.1) is 0 Å². The predicted octanol–water partition coefficient (Wildman–Crippen LogP) is -0.231. The maximum Gasteiger partial charge on any atom is 0.354 e. The Hall–Kier alpha value is -0.320. The lowest BCUT2D eigenvalue weighted by Crippen LogP contribution is -2.51. The van der Waals surface area contributed by atoms with Gasteiger partial charge in [-0.1, -0.05) is 11.6 Å². The maximum absolute atomic E-state index is 10.1. The fraction of sp³-hybridized carbons (Fsp3) is 0.800. The van der Waals surface area contributed by atoms with Gasteiger partial charge in [0.1, 0.15) is 5.60 Å². The number of carboxylic acid groups (broad SMARTS) is 1. The molecular formula is C5H9ClO4. The molecule has 0 aromatic rings. The van der Waals surface area contributed by atoms with Gasteiger partial charge in [0.15, 0.2) is 0 Å². The van der Waals surface area contributed by atoms with E-state index in [4.69, 9.17) is 26.9 Å². The molecule has 60 valence electrons. The second-order valence-corrected chi connectivity index (χ2v) is 3.03. The lowest BCUT2D eigenvalue weighted by Gasteiger charge is -2.28. The third-order valence-corrected chi connectivity index (χ3v) is 1.72. The Labute approximate surface area is 63.0 Å². The molecule has 1 unspecified atom stereocenters. The van der Waals surface area contributed by atoms with Gasteiger partial charge in [-0.05, 0) is 13.8 Å². The Bertz CT molecular complexity index is 146. The molecule has 0 aliphatic carbocycles. The van der Waals surface area contributed by atoms with E-state index in [0.29, 0.717) is 0 Å². The van der Waals surface area contributed by atoms with Crippen LogP contribution in [-0.2, 0) is 4.79 Å². The lowest BCUT2D eigenvalue weighted by atomic mass is 10.0. The number of hydrogen-bond donors (Lipinski definition) is 3. The zero-order valence-corrected chi connectivity index (χ0v) is 6.38. The summed E-state index contributed by atoms with van der Waals surface area (Å²) in [5.41, 5.74) is -1.86. The molecule has 0 aliphatic heterocycles. The summed E-state index contributed by atoms with van der Waals surface area (Å²) in [6.45, 7) is 2.21. The number of rotatable bonds is 2. The number of aliphatic carboxylic acids is 1. The zero-order valence-electron chi connectivity index (χ0n) is 5.63. The summed E-state index contributed by atoms with van der Waals surface area (Å²) in [5.74, 6) is -1.67. The number of carboxylic acids is 1. The molecule has 1 atom stereocenters.